The molecule has 4 rings (SSSR count). The summed E-state index contributed by atoms with van der Waals surface area (Å²) in [6.45, 7) is 4.68. The van der Waals surface area contributed by atoms with Gasteiger partial charge in [0.05, 0.1) is 11.4 Å². The SMILES string of the molecule is CCN(CC)S(=O)(=O)c1ccc(C(=O)NCc2cc(-c3ccc4c(c3)OCO4)on2)cc1. The first kappa shape index (κ1) is 21.8. The van der Waals surface area contributed by atoms with Crippen molar-refractivity contribution in [1.82, 2.24) is 14.8 Å². The standard InChI is InChI=1S/C22H23N3O6S/c1-3-25(4-2)32(27,28)18-8-5-15(6-9-18)22(26)23-13-17-12-20(31-24-17)16-7-10-19-21(11-16)30-14-29-19/h5-12H,3-4,13-14H2,1-2H3,(H,23,26). The molecule has 2 aromatic carbocycles. The minimum Gasteiger partial charge on any atom is -0.454 e. The lowest BCUT2D eigenvalue weighted by Crippen LogP contribution is -2.30. The zero-order chi connectivity index (χ0) is 22.7. The number of carbonyl (C=O) groups excluding carboxylic acids is 1. The number of rotatable bonds is 8. The summed E-state index contributed by atoms with van der Waals surface area (Å²) in [5, 5.41) is 6.75. The molecule has 1 N–H and O–H groups in total. The average Bonchev–Trinajstić information content (AvgIpc) is 3.47. The largest absolute Gasteiger partial charge is 0.454 e. The second-order valence-corrected chi connectivity index (χ2v) is 8.98. The van der Waals surface area contributed by atoms with Gasteiger partial charge in [-0.25, -0.2) is 8.42 Å². The van der Waals surface area contributed by atoms with Crippen molar-refractivity contribution in [2.75, 3.05) is 19.9 Å². The number of amides is 1. The van der Waals surface area contributed by atoms with Crippen molar-refractivity contribution in [2.24, 2.45) is 0 Å². The molecule has 32 heavy (non-hydrogen) atoms. The maximum Gasteiger partial charge on any atom is 0.251 e. The van der Waals surface area contributed by atoms with Crippen LogP contribution in [0.25, 0.3) is 11.3 Å². The third-order valence-electron chi connectivity index (χ3n) is 5.11. The van der Waals surface area contributed by atoms with Gasteiger partial charge in [0.25, 0.3) is 5.91 Å². The van der Waals surface area contributed by atoms with Gasteiger partial charge in [-0.1, -0.05) is 19.0 Å². The predicted octanol–water partition coefficient (Wildman–Crippen LogP) is 3.03. The first-order valence-electron chi connectivity index (χ1n) is 10.2. The molecule has 0 fully saturated rings. The van der Waals surface area contributed by atoms with Crippen LogP contribution in [0.3, 0.4) is 0 Å². The Balaban J connectivity index is 1.39. The second-order valence-electron chi connectivity index (χ2n) is 7.05. The summed E-state index contributed by atoms with van der Waals surface area (Å²) in [4.78, 5) is 12.6. The fourth-order valence-electron chi connectivity index (χ4n) is 3.34. The number of sulfonamides is 1. The van der Waals surface area contributed by atoms with Crippen LogP contribution in [-0.4, -0.2) is 43.7 Å². The van der Waals surface area contributed by atoms with Gasteiger partial charge < -0.3 is 19.3 Å². The molecule has 0 atom stereocenters. The third-order valence-corrected chi connectivity index (χ3v) is 7.17. The minimum absolute atomic E-state index is 0.155. The summed E-state index contributed by atoms with van der Waals surface area (Å²) in [7, 11) is -3.56. The number of nitrogens with one attached hydrogen (secondary N) is 1. The van der Waals surface area contributed by atoms with E-state index in [-0.39, 0.29) is 24.1 Å². The molecule has 0 bridgehead atoms. The summed E-state index contributed by atoms with van der Waals surface area (Å²) < 4.78 is 42.5. The van der Waals surface area contributed by atoms with E-state index in [1.807, 2.05) is 6.07 Å². The number of hydrogen-bond acceptors (Lipinski definition) is 7. The van der Waals surface area contributed by atoms with Crippen molar-refractivity contribution in [2.45, 2.75) is 25.3 Å². The smallest absolute Gasteiger partial charge is 0.251 e. The van der Waals surface area contributed by atoms with Crippen molar-refractivity contribution >= 4 is 15.9 Å². The zero-order valence-electron chi connectivity index (χ0n) is 17.7. The first-order valence-corrected chi connectivity index (χ1v) is 11.6. The Kier molecular flexibility index (Phi) is 6.15. The van der Waals surface area contributed by atoms with Crippen LogP contribution in [0.15, 0.2) is 57.9 Å². The summed E-state index contributed by atoms with van der Waals surface area (Å²) in [5.74, 6) is 1.51. The lowest BCUT2D eigenvalue weighted by atomic mass is 10.1. The number of fused-ring (bicyclic) bond motifs is 1. The van der Waals surface area contributed by atoms with Gasteiger partial charge in [-0.3, -0.25) is 4.79 Å². The molecule has 1 aliphatic rings. The molecular weight excluding hydrogens is 434 g/mol. The van der Waals surface area contributed by atoms with E-state index >= 15 is 0 Å². The van der Waals surface area contributed by atoms with Crippen LogP contribution in [0.5, 0.6) is 11.5 Å². The molecule has 0 saturated carbocycles. The molecule has 0 radical (unpaired) electrons. The molecule has 0 saturated heterocycles. The van der Waals surface area contributed by atoms with Crippen molar-refractivity contribution in [1.29, 1.82) is 0 Å². The topological polar surface area (TPSA) is 111 Å². The maximum absolute atomic E-state index is 12.6. The van der Waals surface area contributed by atoms with Crippen LogP contribution in [0.2, 0.25) is 0 Å². The van der Waals surface area contributed by atoms with Crippen molar-refractivity contribution < 1.29 is 27.2 Å². The van der Waals surface area contributed by atoms with Gasteiger partial charge in [0.1, 0.15) is 5.69 Å². The van der Waals surface area contributed by atoms with Gasteiger partial charge in [0, 0.05) is 30.3 Å². The number of hydrogen-bond donors (Lipinski definition) is 1. The van der Waals surface area contributed by atoms with E-state index in [9.17, 15) is 13.2 Å². The van der Waals surface area contributed by atoms with Crippen molar-refractivity contribution in [3.05, 3.63) is 59.8 Å². The van der Waals surface area contributed by atoms with Crippen LogP contribution in [0.1, 0.15) is 29.9 Å². The zero-order valence-corrected chi connectivity index (χ0v) is 18.5. The maximum atomic E-state index is 12.6. The summed E-state index contributed by atoms with van der Waals surface area (Å²) in [6.07, 6.45) is 0. The number of ether oxygens (including phenoxy) is 2. The molecule has 3 aromatic rings. The van der Waals surface area contributed by atoms with Crippen LogP contribution >= 0.6 is 0 Å². The highest BCUT2D eigenvalue weighted by Crippen LogP contribution is 2.36. The molecule has 10 heteroatoms. The highest BCUT2D eigenvalue weighted by Gasteiger charge is 2.22. The Morgan fingerprint density at radius 2 is 1.75 bits per heavy atom. The van der Waals surface area contributed by atoms with Crippen LogP contribution in [0.4, 0.5) is 0 Å². The van der Waals surface area contributed by atoms with Gasteiger partial charge in [-0.15, -0.1) is 0 Å². The second kappa shape index (κ2) is 9.01. The number of nitrogens with zero attached hydrogens (tertiary/aromatic N) is 2. The molecule has 0 unspecified atom stereocenters. The van der Waals surface area contributed by atoms with E-state index < -0.39 is 10.0 Å². The molecule has 2 heterocycles. The van der Waals surface area contributed by atoms with E-state index in [2.05, 4.69) is 10.5 Å². The lowest BCUT2D eigenvalue weighted by molar-refractivity contribution is 0.0950. The van der Waals surface area contributed by atoms with E-state index in [0.29, 0.717) is 41.6 Å². The number of aromatic nitrogens is 1. The fourth-order valence-corrected chi connectivity index (χ4v) is 4.80. The highest BCUT2D eigenvalue weighted by molar-refractivity contribution is 7.89. The van der Waals surface area contributed by atoms with Gasteiger partial charge in [-0.2, -0.15) is 4.31 Å². The highest BCUT2D eigenvalue weighted by atomic mass is 32.2. The average molecular weight is 458 g/mol. The summed E-state index contributed by atoms with van der Waals surface area (Å²) in [6, 6.07) is 13.0. The van der Waals surface area contributed by atoms with Gasteiger partial charge >= 0.3 is 0 Å². The number of benzene rings is 2. The van der Waals surface area contributed by atoms with Crippen molar-refractivity contribution in [3.63, 3.8) is 0 Å². The molecule has 9 nitrogen and oxygen atoms in total. The normalized spacial score (nSPS) is 12.8. The quantitative estimate of drug-likeness (QED) is 0.553. The Labute approximate surface area is 186 Å². The monoisotopic (exact) mass is 457 g/mol. The summed E-state index contributed by atoms with van der Waals surface area (Å²) in [5.41, 5.74) is 1.68. The Hall–Kier alpha value is -3.37. The van der Waals surface area contributed by atoms with Gasteiger partial charge in [0.2, 0.25) is 16.8 Å². The summed E-state index contributed by atoms with van der Waals surface area (Å²) >= 11 is 0. The van der Waals surface area contributed by atoms with Gasteiger partial charge in [0.15, 0.2) is 17.3 Å². The molecular formula is C22H23N3O6S. The van der Waals surface area contributed by atoms with E-state index in [0.717, 1.165) is 5.56 Å². The molecule has 168 valence electrons. The lowest BCUT2D eigenvalue weighted by Gasteiger charge is -2.18. The van der Waals surface area contributed by atoms with Crippen molar-refractivity contribution in [3.8, 4) is 22.8 Å². The first-order chi connectivity index (χ1) is 15.4. The Bertz CT molecular complexity index is 1220. The van der Waals surface area contributed by atoms with E-state index in [1.165, 1.54) is 28.6 Å². The molecule has 1 aliphatic heterocycles. The van der Waals surface area contributed by atoms with Crippen LogP contribution in [-0.2, 0) is 16.6 Å². The molecule has 1 amide bonds. The van der Waals surface area contributed by atoms with E-state index in [1.54, 1.807) is 32.0 Å². The Morgan fingerprint density at radius 3 is 2.47 bits per heavy atom. The molecule has 0 spiro atoms. The van der Waals surface area contributed by atoms with Gasteiger partial charge in [-0.05, 0) is 42.5 Å². The Morgan fingerprint density at radius 1 is 1.03 bits per heavy atom. The molecule has 0 aliphatic carbocycles. The molecule has 1 aromatic heterocycles. The third kappa shape index (κ3) is 4.32. The van der Waals surface area contributed by atoms with Crippen LogP contribution < -0.4 is 14.8 Å². The number of carbonyl (C=O) groups is 1. The fraction of sp³-hybridized carbons (Fsp3) is 0.273. The minimum atomic E-state index is -3.56. The predicted molar refractivity (Wildman–Crippen MR) is 116 cm³/mol. The van der Waals surface area contributed by atoms with Crippen LogP contribution in [0, 0.1) is 0 Å². The van der Waals surface area contributed by atoms with E-state index in [4.69, 9.17) is 14.0 Å².